The fourth-order valence-corrected chi connectivity index (χ4v) is 2.54. The predicted octanol–water partition coefficient (Wildman–Crippen LogP) is 5.25. The lowest BCUT2D eigenvalue weighted by Gasteiger charge is -2.10. The van der Waals surface area contributed by atoms with E-state index < -0.39 is 17.8 Å². The Balaban J connectivity index is 1.95. The second-order valence-electron chi connectivity index (χ2n) is 5.95. The van der Waals surface area contributed by atoms with Gasteiger partial charge in [0.2, 0.25) is 0 Å². The van der Waals surface area contributed by atoms with Crippen molar-refractivity contribution in [2.75, 3.05) is 5.32 Å². The first-order valence-corrected chi connectivity index (χ1v) is 8.22. The molecule has 0 aliphatic carbocycles. The second-order valence-corrected chi connectivity index (χ2v) is 6.36. The van der Waals surface area contributed by atoms with Crippen molar-refractivity contribution < 1.29 is 22.7 Å². The topological polar surface area (TPSA) is 79.9 Å². The molecule has 0 aliphatic heterocycles. The van der Waals surface area contributed by atoms with Crippen LogP contribution in [-0.4, -0.2) is 27.1 Å². The first-order chi connectivity index (χ1) is 12.6. The molecule has 6 nitrogen and oxygen atoms in total. The number of anilines is 1. The molecule has 0 unspecified atom stereocenters. The van der Waals surface area contributed by atoms with Crippen LogP contribution in [0.1, 0.15) is 19.4 Å². The van der Waals surface area contributed by atoms with Crippen LogP contribution in [0, 0.1) is 0 Å². The summed E-state index contributed by atoms with van der Waals surface area (Å²) in [6.07, 6.45) is -4.72. The van der Waals surface area contributed by atoms with E-state index in [0.29, 0.717) is 22.5 Å². The zero-order valence-corrected chi connectivity index (χ0v) is 14.9. The van der Waals surface area contributed by atoms with Gasteiger partial charge in [-0.15, -0.1) is 0 Å². The number of imidazole rings is 1. The minimum absolute atomic E-state index is 0.117. The highest BCUT2D eigenvalue weighted by Crippen LogP contribution is 2.33. The smallest absolute Gasteiger partial charge is 0.417 e. The third-order valence-electron chi connectivity index (χ3n) is 3.48. The quantitative estimate of drug-likeness (QED) is 0.631. The molecule has 3 aromatic rings. The molecule has 0 bridgehead atoms. The largest absolute Gasteiger partial charge is 0.447 e. The molecule has 0 saturated carbocycles. The Morgan fingerprint density at radius 1 is 1.30 bits per heavy atom. The van der Waals surface area contributed by atoms with E-state index in [1.165, 1.54) is 12.1 Å². The summed E-state index contributed by atoms with van der Waals surface area (Å²) in [5, 5.41) is 2.85. The number of carbonyl (C=O) groups is 1. The van der Waals surface area contributed by atoms with Gasteiger partial charge in [-0.05, 0) is 38.1 Å². The number of hydrogen-bond donors (Lipinski definition) is 2. The average Bonchev–Trinajstić information content (AvgIpc) is 2.97. The fraction of sp³-hybridized carbons (Fsp3) is 0.235. The van der Waals surface area contributed by atoms with Gasteiger partial charge in [-0.2, -0.15) is 13.2 Å². The van der Waals surface area contributed by atoms with Crippen LogP contribution in [0.5, 0.6) is 0 Å². The molecule has 27 heavy (non-hydrogen) atoms. The fourth-order valence-electron chi connectivity index (χ4n) is 2.33. The summed E-state index contributed by atoms with van der Waals surface area (Å²) in [5.74, 6) is 0.225. The summed E-state index contributed by atoms with van der Waals surface area (Å²) in [4.78, 5) is 22.4. The Morgan fingerprint density at radius 3 is 2.70 bits per heavy atom. The normalized spacial score (nSPS) is 11.8. The SMILES string of the molecule is CC(C)OC(=O)Nc1ccc(Cl)c(-c2nc3ncc(C(F)(F)F)cc3[nH]2)c1. The van der Waals surface area contributed by atoms with Crippen molar-refractivity contribution >= 4 is 34.5 Å². The molecule has 10 heteroatoms. The van der Waals surface area contributed by atoms with Crippen molar-refractivity contribution in [3.05, 3.63) is 41.0 Å². The average molecular weight is 399 g/mol. The number of H-pyrrole nitrogens is 1. The van der Waals surface area contributed by atoms with Crippen molar-refractivity contribution in [3.63, 3.8) is 0 Å². The Hall–Kier alpha value is -2.81. The van der Waals surface area contributed by atoms with Crippen molar-refractivity contribution in [2.24, 2.45) is 0 Å². The first kappa shape index (κ1) is 19.0. The van der Waals surface area contributed by atoms with E-state index in [4.69, 9.17) is 16.3 Å². The van der Waals surface area contributed by atoms with E-state index in [9.17, 15) is 18.0 Å². The number of alkyl halides is 3. The summed E-state index contributed by atoms with van der Waals surface area (Å²) in [6, 6.07) is 5.56. The van der Waals surface area contributed by atoms with Gasteiger partial charge in [0.1, 0.15) is 5.82 Å². The lowest BCUT2D eigenvalue weighted by molar-refractivity contribution is -0.137. The van der Waals surface area contributed by atoms with E-state index in [0.717, 1.165) is 6.07 Å². The lowest BCUT2D eigenvalue weighted by Crippen LogP contribution is -2.17. The number of amides is 1. The van der Waals surface area contributed by atoms with Gasteiger partial charge in [-0.25, -0.2) is 14.8 Å². The molecule has 2 heterocycles. The van der Waals surface area contributed by atoms with Gasteiger partial charge in [0.15, 0.2) is 5.65 Å². The van der Waals surface area contributed by atoms with Crippen LogP contribution in [0.15, 0.2) is 30.5 Å². The van der Waals surface area contributed by atoms with Gasteiger partial charge >= 0.3 is 12.3 Å². The van der Waals surface area contributed by atoms with Crippen molar-refractivity contribution in [1.82, 2.24) is 15.0 Å². The number of rotatable bonds is 3. The van der Waals surface area contributed by atoms with E-state index in [1.54, 1.807) is 19.9 Å². The molecule has 0 fully saturated rings. The maximum absolute atomic E-state index is 12.8. The standard InChI is InChI=1S/C17H14ClF3N4O2/c1-8(2)27-16(26)23-10-3-4-12(18)11(6-10)14-24-13-5-9(17(19,20)21)7-22-15(13)25-14/h3-8H,1-2H3,(H,23,26)(H,22,24,25). The van der Waals surface area contributed by atoms with Crippen LogP contribution in [-0.2, 0) is 10.9 Å². The molecular formula is C17H14ClF3N4O2. The molecule has 142 valence electrons. The third-order valence-corrected chi connectivity index (χ3v) is 3.80. The maximum Gasteiger partial charge on any atom is 0.417 e. The molecule has 0 radical (unpaired) electrons. The molecule has 2 N–H and O–H groups in total. The molecule has 3 rings (SSSR count). The molecule has 0 aliphatic rings. The highest BCUT2D eigenvalue weighted by molar-refractivity contribution is 6.33. The monoisotopic (exact) mass is 398 g/mol. The van der Waals surface area contributed by atoms with Crippen molar-refractivity contribution in [3.8, 4) is 11.4 Å². The first-order valence-electron chi connectivity index (χ1n) is 7.84. The zero-order chi connectivity index (χ0) is 19.8. The molecule has 2 aromatic heterocycles. The lowest BCUT2D eigenvalue weighted by atomic mass is 10.2. The zero-order valence-electron chi connectivity index (χ0n) is 14.2. The molecule has 1 aromatic carbocycles. The van der Waals surface area contributed by atoms with Gasteiger partial charge in [0, 0.05) is 17.4 Å². The number of nitrogens with one attached hydrogen (secondary N) is 2. The molecule has 0 saturated heterocycles. The summed E-state index contributed by atoms with van der Waals surface area (Å²) in [6.45, 7) is 3.42. The van der Waals surface area contributed by atoms with Crippen LogP contribution in [0.25, 0.3) is 22.6 Å². The van der Waals surface area contributed by atoms with Gasteiger partial charge in [0.05, 0.1) is 22.2 Å². The van der Waals surface area contributed by atoms with Crippen LogP contribution < -0.4 is 5.32 Å². The Kier molecular flexibility index (Phi) is 4.97. The van der Waals surface area contributed by atoms with Crippen LogP contribution in [0.3, 0.4) is 0 Å². The summed E-state index contributed by atoms with van der Waals surface area (Å²) >= 11 is 6.18. The van der Waals surface area contributed by atoms with Gasteiger partial charge < -0.3 is 9.72 Å². The Bertz CT molecular complexity index is 1000. The third kappa shape index (κ3) is 4.30. The number of ether oxygens (including phenoxy) is 1. The van der Waals surface area contributed by atoms with Crippen LogP contribution >= 0.6 is 11.6 Å². The van der Waals surface area contributed by atoms with Crippen LogP contribution in [0.2, 0.25) is 5.02 Å². The number of pyridine rings is 1. The highest BCUT2D eigenvalue weighted by atomic mass is 35.5. The Morgan fingerprint density at radius 2 is 2.04 bits per heavy atom. The Labute approximate surface area is 156 Å². The van der Waals surface area contributed by atoms with E-state index in [2.05, 4.69) is 20.3 Å². The van der Waals surface area contributed by atoms with Crippen molar-refractivity contribution in [2.45, 2.75) is 26.1 Å². The number of hydrogen-bond acceptors (Lipinski definition) is 4. The van der Waals surface area contributed by atoms with E-state index in [1.807, 2.05) is 0 Å². The minimum Gasteiger partial charge on any atom is -0.447 e. The van der Waals surface area contributed by atoms with Crippen molar-refractivity contribution in [1.29, 1.82) is 0 Å². The van der Waals surface area contributed by atoms with Gasteiger partial charge in [-0.3, -0.25) is 5.32 Å². The predicted molar refractivity (Wildman–Crippen MR) is 94.6 cm³/mol. The number of fused-ring (bicyclic) bond motifs is 1. The number of aromatic amines is 1. The van der Waals surface area contributed by atoms with E-state index in [-0.39, 0.29) is 23.1 Å². The number of carbonyl (C=O) groups excluding carboxylic acids is 1. The van der Waals surface area contributed by atoms with Crippen LogP contribution in [0.4, 0.5) is 23.7 Å². The summed E-state index contributed by atoms with van der Waals surface area (Å²) in [7, 11) is 0. The summed E-state index contributed by atoms with van der Waals surface area (Å²) < 4.78 is 43.5. The maximum atomic E-state index is 12.8. The van der Waals surface area contributed by atoms with E-state index >= 15 is 0 Å². The molecular weight excluding hydrogens is 385 g/mol. The molecule has 1 amide bonds. The molecule has 0 spiro atoms. The second kappa shape index (κ2) is 7.07. The van der Waals surface area contributed by atoms with Gasteiger partial charge in [-0.1, -0.05) is 11.6 Å². The number of benzene rings is 1. The number of nitrogens with zero attached hydrogens (tertiary/aromatic N) is 2. The minimum atomic E-state index is -4.51. The highest BCUT2D eigenvalue weighted by Gasteiger charge is 2.31. The molecule has 0 atom stereocenters. The number of halogens is 4. The van der Waals surface area contributed by atoms with Gasteiger partial charge in [0.25, 0.3) is 0 Å². The summed E-state index contributed by atoms with van der Waals surface area (Å²) in [5.41, 5.74) is 0.137. The number of aromatic nitrogens is 3.